The number of nitrogens with two attached hydrogens (primary N) is 2. The molecule has 0 radical (unpaired) electrons. The number of hydrogen-bond acceptors (Lipinski definition) is 6. The molecular weight excluding hydrogens is 170 g/mol. The molecule has 1 heterocycles. The number of nitrogens with zero attached hydrogens (tertiary/aromatic N) is 5. The Morgan fingerprint density at radius 1 is 1.31 bits per heavy atom. The van der Waals surface area contributed by atoms with Crippen molar-refractivity contribution in [3.05, 3.63) is 0 Å². The number of aryl methyl sites for hydroxylation is 1. The van der Waals surface area contributed by atoms with Gasteiger partial charge in [0.05, 0.1) is 0 Å². The fourth-order valence-corrected chi connectivity index (χ4v) is 1.12. The summed E-state index contributed by atoms with van der Waals surface area (Å²) in [5.74, 6) is 0.705. The summed E-state index contributed by atoms with van der Waals surface area (Å²) in [6, 6.07) is 0. The van der Waals surface area contributed by atoms with Crippen LogP contribution in [0.4, 0.5) is 5.95 Å². The van der Waals surface area contributed by atoms with E-state index >= 15 is 0 Å². The summed E-state index contributed by atoms with van der Waals surface area (Å²) in [6.45, 7) is 2.55. The van der Waals surface area contributed by atoms with Gasteiger partial charge in [-0.3, -0.25) is 0 Å². The van der Waals surface area contributed by atoms with Gasteiger partial charge in [-0.2, -0.15) is 0 Å². The minimum Gasteiger partial charge on any atom is -0.337 e. The molecule has 0 amide bonds. The second-order valence-corrected chi connectivity index (χ2v) is 2.67. The molecule has 1 aromatic rings. The summed E-state index contributed by atoms with van der Waals surface area (Å²) in [4.78, 5) is 1.96. The molecule has 0 fully saturated rings. The van der Waals surface area contributed by atoms with E-state index in [0.29, 0.717) is 32.1 Å². The van der Waals surface area contributed by atoms with Gasteiger partial charge in [0.15, 0.2) is 0 Å². The van der Waals surface area contributed by atoms with Crippen LogP contribution in [0.1, 0.15) is 0 Å². The number of aromatic nitrogens is 4. The lowest BCUT2D eigenvalue weighted by molar-refractivity contribution is 0.676. The van der Waals surface area contributed by atoms with Crippen LogP contribution in [0.3, 0.4) is 0 Å². The maximum absolute atomic E-state index is 5.46. The van der Waals surface area contributed by atoms with Gasteiger partial charge >= 0.3 is 0 Å². The topological polar surface area (TPSA) is 98.9 Å². The van der Waals surface area contributed by atoms with Crippen LogP contribution in [0.2, 0.25) is 0 Å². The van der Waals surface area contributed by atoms with E-state index in [-0.39, 0.29) is 0 Å². The zero-order chi connectivity index (χ0) is 9.68. The molecule has 1 aromatic heterocycles. The third-order valence-electron chi connectivity index (χ3n) is 1.68. The number of tetrazole rings is 1. The number of rotatable bonds is 5. The molecule has 0 unspecified atom stereocenters. The van der Waals surface area contributed by atoms with Gasteiger partial charge in [-0.25, -0.2) is 4.68 Å². The van der Waals surface area contributed by atoms with Gasteiger partial charge in [0.1, 0.15) is 0 Å². The lowest BCUT2D eigenvalue weighted by Crippen LogP contribution is -2.35. The molecule has 0 saturated carbocycles. The third kappa shape index (κ3) is 2.36. The molecule has 7 heteroatoms. The van der Waals surface area contributed by atoms with E-state index in [1.807, 2.05) is 4.90 Å². The van der Waals surface area contributed by atoms with Crippen molar-refractivity contribution >= 4 is 5.95 Å². The van der Waals surface area contributed by atoms with Gasteiger partial charge in [0.2, 0.25) is 5.95 Å². The van der Waals surface area contributed by atoms with Gasteiger partial charge in [0, 0.05) is 33.2 Å². The SMILES string of the molecule is Cn1nnnc1N(CCN)CCN. The average molecular weight is 185 g/mol. The highest BCUT2D eigenvalue weighted by molar-refractivity contribution is 5.27. The third-order valence-corrected chi connectivity index (χ3v) is 1.68. The number of hydrogen-bond donors (Lipinski definition) is 2. The maximum atomic E-state index is 5.46. The molecule has 0 bridgehead atoms. The summed E-state index contributed by atoms with van der Waals surface area (Å²) in [6.07, 6.45) is 0. The molecule has 0 aliphatic carbocycles. The molecule has 0 aliphatic heterocycles. The van der Waals surface area contributed by atoms with Crippen molar-refractivity contribution < 1.29 is 0 Å². The van der Waals surface area contributed by atoms with Crippen LogP contribution in [0.15, 0.2) is 0 Å². The predicted molar refractivity (Wildman–Crippen MR) is 49.1 cm³/mol. The van der Waals surface area contributed by atoms with Gasteiger partial charge in [-0.05, 0) is 10.4 Å². The van der Waals surface area contributed by atoms with E-state index in [1.165, 1.54) is 0 Å². The van der Waals surface area contributed by atoms with Crippen LogP contribution < -0.4 is 16.4 Å². The van der Waals surface area contributed by atoms with Crippen LogP contribution in [0.25, 0.3) is 0 Å². The van der Waals surface area contributed by atoms with Gasteiger partial charge in [-0.15, -0.1) is 0 Å². The first kappa shape index (κ1) is 9.87. The standard InChI is InChI=1S/C6H15N7/c1-12-6(9-10-11-12)13(4-2-7)5-3-8/h2-5,7-8H2,1H3. The lowest BCUT2D eigenvalue weighted by atomic mass is 10.5. The first-order valence-corrected chi connectivity index (χ1v) is 4.17. The quantitative estimate of drug-likeness (QED) is 0.547. The zero-order valence-electron chi connectivity index (χ0n) is 7.72. The Kier molecular flexibility index (Phi) is 3.59. The van der Waals surface area contributed by atoms with Gasteiger partial charge < -0.3 is 16.4 Å². The molecule has 7 nitrogen and oxygen atoms in total. The summed E-state index contributed by atoms with van der Waals surface area (Å²) in [5, 5.41) is 11.2. The smallest absolute Gasteiger partial charge is 0.245 e. The summed E-state index contributed by atoms with van der Waals surface area (Å²) in [7, 11) is 1.79. The predicted octanol–water partition coefficient (Wildman–Crippen LogP) is -2.07. The lowest BCUT2D eigenvalue weighted by Gasteiger charge is -2.20. The van der Waals surface area contributed by atoms with Crippen LogP contribution >= 0.6 is 0 Å². The average Bonchev–Trinajstić information content (AvgIpc) is 2.51. The Labute approximate surface area is 76.7 Å². The van der Waals surface area contributed by atoms with E-state index in [9.17, 15) is 0 Å². The van der Waals surface area contributed by atoms with Crippen molar-refractivity contribution in [2.45, 2.75) is 0 Å². The van der Waals surface area contributed by atoms with Crippen molar-refractivity contribution in [3.63, 3.8) is 0 Å². The summed E-state index contributed by atoms with van der Waals surface area (Å²) >= 11 is 0. The molecule has 0 spiro atoms. The fourth-order valence-electron chi connectivity index (χ4n) is 1.12. The Balaban J connectivity index is 2.69. The van der Waals surface area contributed by atoms with Crippen molar-refractivity contribution in [1.29, 1.82) is 0 Å². The minimum atomic E-state index is 0.562. The highest BCUT2D eigenvalue weighted by Gasteiger charge is 2.10. The summed E-state index contributed by atoms with van der Waals surface area (Å²) < 4.78 is 1.60. The van der Waals surface area contributed by atoms with Crippen molar-refractivity contribution in [2.75, 3.05) is 31.1 Å². The molecule has 13 heavy (non-hydrogen) atoms. The zero-order valence-corrected chi connectivity index (χ0v) is 7.72. The van der Waals surface area contributed by atoms with Crippen molar-refractivity contribution in [3.8, 4) is 0 Å². The molecule has 74 valence electrons. The summed E-state index contributed by atoms with van der Waals surface area (Å²) in [5.41, 5.74) is 10.9. The number of anilines is 1. The molecule has 0 aromatic carbocycles. The van der Waals surface area contributed by atoms with Gasteiger partial charge in [-0.1, -0.05) is 5.10 Å². The Morgan fingerprint density at radius 2 is 1.92 bits per heavy atom. The fraction of sp³-hybridized carbons (Fsp3) is 0.833. The molecular formula is C6H15N7. The van der Waals surface area contributed by atoms with E-state index in [2.05, 4.69) is 15.5 Å². The maximum Gasteiger partial charge on any atom is 0.245 e. The second-order valence-electron chi connectivity index (χ2n) is 2.67. The Bertz CT molecular complexity index is 239. The van der Waals surface area contributed by atoms with Crippen LogP contribution in [-0.2, 0) is 7.05 Å². The van der Waals surface area contributed by atoms with E-state index in [1.54, 1.807) is 11.7 Å². The Morgan fingerprint density at radius 3 is 2.31 bits per heavy atom. The monoisotopic (exact) mass is 185 g/mol. The molecule has 0 atom stereocenters. The van der Waals surface area contributed by atoms with Crippen molar-refractivity contribution in [2.24, 2.45) is 18.5 Å². The second kappa shape index (κ2) is 4.73. The minimum absolute atomic E-state index is 0.562. The first-order chi connectivity index (χ1) is 6.29. The van der Waals surface area contributed by atoms with Crippen LogP contribution in [-0.4, -0.2) is 46.4 Å². The van der Waals surface area contributed by atoms with Crippen LogP contribution in [0, 0.1) is 0 Å². The Hall–Kier alpha value is -1.21. The van der Waals surface area contributed by atoms with E-state index < -0.39 is 0 Å². The van der Waals surface area contributed by atoms with Crippen LogP contribution in [0.5, 0.6) is 0 Å². The van der Waals surface area contributed by atoms with Gasteiger partial charge in [0.25, 0.3) is 0 Å². The van der Waals surface area contributed by atoms with E-state index in [4.69, 9.17) is 11.5 Å². The first-order valence-electron chi connectivity index (χ1n) is 4.17. The molecule has 1 rings (SSSR count). The van der Waals surface area contributed by atoms with E-state index in [0.717, 1.165) is 0 Å². The highest BCUT2D eigenvalue weighted by atomic mass is 15.6. The molecule has 0 aliphatic rings. The molecule has 4 N–H and O–H groups in total. The largest absolute Gasteiger partial charge is 0.337 e. The highest BCUT2D eigenvalue weighted by Crippen LogP contribution is 2.04. The normalized spacial score (nSPS) is 10.4. The van der Waals surface area contributed by atoms with Crippen molar-refractivity contribution in [1.82, 2.24) is 20.2 Å². The molecule has 0 saturated heterocycles.